The molecule has 2 aromatic carbocycles. The van der Waals surface area contributed by atoms with E-state index < -0.39 is 18.1 Å². The van der Waals surface area contributed by atoms with Crippen molar-refractivity contribution in [3.63, 3.8) is 0 Å². The number of carbonyl (C=O) groups is 2. The van der Waals surface area contributed by atoms with Crippen molar-refractivity contribution >= 4 is 12.3 Å². The third kappa shape index (κ3) is 6.01. The monoisotopic (exact) mass is 495 g/mol. The van der Waals surface area contributed by atoms with Gasteiger partial charge in [0.15, 0.2) is 0 Å². The molecule has 1 aliphatic carbocycles. The summed E-state index contributed by atoms with van der Waals surface area (Å²) in [6.07, 6.45) is -1.86. The predicted molar refractivity (Wildman–Crippen MR) is 129 cm³/mol. The van der Waals surface area contributed by atoms with E-state index in [0.717, 1.165) is 23.1 Å². The predicted octanol–water partition coefficient (Wildman–Crippen LogP) is 5.28. The van der Waals surface area contributed by atoms with Crippen LogP contribution in [0.3, 0.4) is 0 Å². The van der Waals surface area contributed by atoms with Gasteiger partial charge < -0.3 is 24.2 Å². The fraction of sp³-hybridized carbons (Fsp3) is 0.385. The van der Waals surface area contributed by atoms with E-state index in [9.17, 15) is 9.59 Å². The van der Waals surface area contributed by atoms with Gasteiger partial charge in [0, 0.05) is 36.6 Å². The van der Waals surface area contributed by atoms with Crippen molar-refractivity contribution in [2.45, 2.75) is 51.5 Å². The lowest BCUT2D eigenvalue weighted by Gasteiger charge is -2.47. The summed E-state index contributed by atoms with van der Waals surface area (Å²) in [7, 11) is 1.88. The summed E-state index contributed by atoms with van der Waals surface area (Å²) in [6, 6.07) is 15.8. The second kappa shape index (κ2) is 10.4. The molecule has 1 heterocycles. The second-order valence-corrected chi connectivity index (χ2v) is 9.54. The Bertz CT molecular complexity index is 1180. The van der Waals surface area contributed by atoms with Crippen molar-refractivity contribution in [1.82, 2.24) is 15.0 Å². The Balaban J connectivity index is 1.35. The maximum absolute atomic E-state index is 10.9. The summed E-state index contributed by atoms with van der Waals surface area (Å²) in [5, 5.41) is 21.9. The van der Waals surface area contributed by atoms with Crippen LogP contribution in [-0.4, -0.2) is 56.4 Å². The van der Waals surface area contributed by atoms with Crippen LogP contribution in [0.25, 0.3) is 22.8 Å². The third-order valence-electron chi connectivity index (χ3n) is 6.18. The van der Waals surface area contributed by atoms with E-state index >= 15 is 0 Å². The minimum absolute atomic E-state index is 0.0879. The lowest BCUT2D eigenvalue weighted by Crippen LogP contribution is -2.58. The Labute approximate surface area is 208 Å². The Hall–Kier alpha value is -3.92. The van der Waals surface area contributed by atoms with Gasteiger partial charge in [0.2, 0.25) is 5.82 Å². The molecule has 10 nitrogen and oxygen atoms in total. The van der Waals surface area contributed by atoms with E-state index in [1.165, 1.54) is 5.56 Å². The zero-order chi connectivity index (χ0) is 25.9. The molecule has 4 rings (SSSR count). The lowest BCUT2D eigenvalue weighted by molar-refractivity contribution is -0.246. The molecular weight excluding hydrogens is 466 g/mol. The zero-order valence-electron chi connectivity index (χ0n) is 20.4. The number of carboxylic acid groups (broad SMARTS) is 2. The average molecular weight is 496 g/mol. The van der Waals surface area contributed by atoms with E-state index in [4.69, 9.17) is 24.2 Å². The summed E-state index contributed by atoms with van der Waals surface area (Å²) in [5.74, 6) is -0.0965. The van der Waals surface area contributed by atoms with Crippen LogP contribution >= 0.6 is 0 Å². The number of aromatic nitrogens is 2. The highest BCUT2D eigenvalue weighted by molar-refractivity contribution is 5.61. The highest BCUT2D eigenvalue weighted by Crippen LogP contribution is 2.40. The first kappa shape index (κ1) is 25.2. The van der Waals surface area contributed by atoms with Gasteiger partial charge in [0.1, 0.15) is 0 Å². The quantitative estimate of drug-likeness (QED) is 0.298. The largest absolute Gasteiger partial charge is 0.509 e. The molecule has 190 valence electrons. The number of nitrogens with zero attached hydrogens (tertiary/aromatic N) is 3. The van der Waals surface area contributed by atoms with Gasteiger partial charge in [-0.05, 0) is 42.6 Å². The molecule has 0 spiro atoms. The Kier molecular flexibility index (Phi) is 7.25. The normalized spacial score (nSPS) is 15.0. The van der Waals surface area contributed by atoms with Gasteiger partial charge in [-0.25, -0.2) is 9.59 Å². The Morgan fingerprint density at radius 2 is 1.56 bits per heavy atom. The maximum atomic E-state index is 10.9. The van der Waals surface area contributed by atoms with Crippen molar-refractivity contribution in [3.8, 4) is 22.8 Å². The molecule has 36 heavy (non-hydrogen) atoms. The van der Waals surface area contributed by atoms with E-state index in [1.807, 2.05) is 48.3 Å². The van der Waals surface area contributed by atoms with Crippen molar-refractivity contribution < 1.29 is 33.8 Å². The highest BCUT2D eigenvalue weighted by atomic mass is 16.8. The molecule has 1 aliphatic rings. The maximum Gasteiger partial charge on any atom is 0.509 e. The summed E-state index contributed by atoms with van der Waals surface area (Å²) in [5.41, 5.74) is 3.97. The van der Waals surface area contributed by atoms with Crippen LogP contribution in [0, 0.1) is 5.92 Å². The van der Waals surface area contributed by atoms with Crippen LogP contribution in [0.15, 0.2) is 53.1 Å². The first-order valence-electron chi connectivity index (χ1n) is 11.7. The molecule has 0 bridgehead atoms. The minimum Gasteiger partial charge on any atom is -0.450 e. The van der Waals surface area contributed by atoms with Gasteiger partial charge >= 0.3 is 12.3 Å². The highest BCUT2D eigenvalue weighted by Gasteiger charge is 2.53. The Morgan fingerprint density at radius 1 is 1.00 bits per heavy atom. The molecule has 10 heteroatoms. The van der Waals surface area contributed by atoms with Crippen molar-refractivity contribution in [3.05, 3.63) is 59.7 Å². The van der Waals surface area contributed by atoms with E-state index in [1.54, 1.807) is 0 Å². The fourth-order valence-electron chi connectivity index (χ4n) is 4.36. The first-order valence-corrected chi connectivity index (χ1v) is 11.7. The van der Waals surface area contributed by atoms with Crippen LogP contribution in [0.4, 0.5) is 9.59 Å². The average Bonchev–Trinajstić information content (AvgIpc) is 3.27. The minimum atomic E-state index is -1.65. The van der Waals surface area contributed by atoms with Crippen LogP contribution in [-0.2, 0) is 22.4 Å². The Morgan fingerprint density at radius 3 is 2.11 bits per heavy atom. The van der Waals surface area contributed by atoms with Gasteiger partial charge in [0.25, 0.3) is 11.7 Å². The van der Waals surface area contributed by atoms with Gasteiger partial charge in [-0.15, -0.1) is 0 Å². The van der Waals surface area contributed by atoms with E-state index in [0.29, 0.717) is 24.2 Å². The summed E-state index contributed by atoms with van der Waals surface area (Å²) < 4.78 is 14.9. The van der Waals surface area contributed by atoms with Gasteiger partial charge in [-0.2, -0.15) is 4.98 Å². The van der Waals surface area contributed by atoms with Crippen LogP contribution in [0.2, 0.25) is 0 Å². The van der Waals surface area contributed by atoms with Crippen LogP contribution in [0.1, 0.15) is 37.8 Å². The van der Waals surface area contributed by atoms with Crippen molar-refractivity contribution in [1.29, 1.82) is 0 Å². The summed E-state index contributed by atoms with van der Waals surface area (Å²) in [4.78, 5) is 28.4. The number of hydrogen-bond acceptors (Lipinski definition) is 8. The number of ether oxygens (including phenoxy) is 2. The SMILES string of the molecule is CC(C)Cc1ccc(-c2nc(-c3ccc(CN(C)C4CC(OC(=O)O)(OC(=O)O)C4)cc3)no2)cc1. The van der Waals surface area contributed by atoms with Crippen molar-refractivity contribution in [2.75, 3.05) is 7.05 Å². The first-order chi connectivity index (χ1) is 17.1. The number of hydrogen-bond donors (Lipinski definition) is 2. The molecule has 0 aliphatic heterocycles. The van der Waals surface area contributed by atoms with Crippen LogP contribution in [0.5, 0.6) is 0 Å². The van der Waals surface area contributed by atoms with Crippen molar-refractivity contribution in [2.24, 2.45) is 5.92 Å². The molecule has 1 fully saturated rings. The molecule has 0 atom stereocenters. The van der Waals surface area contributed by atoms with Gasteiger partial charge in [0.05, 0.1) is 0 Å². The molecule has 1 aromatic heterocycles. The number of benzene rings is 2. The van der Waals surface area contributed by atoms with E-state index in [2.05, 4.69) is 36.1 Å². The van der Waals surface area contributed by atoms with Crippen LogP contribution < -0.4 is 0 Å². The molecule has 3 aromatic rings. The summed E-state index contributed by atoms with van der Waals surface area (Å²) >= 11 is 0. The third-order valence-corrected chi connectivity index (χ3v) is 6.18. The molecule has 1 saturated carbocycles. The second-order valence-electron chi connectivity index (χ2n) is 9.54. The smallest absolute Gasteiger partial charge is 0.450 e. The van der Waals surface area contributed by atoms with Gasteiger partial charge in [-0.1, -0.05) is 55.4 Å². The molecule has 0 saturated heterocycles. The summed E-state index contributed by atoms with van der Waals surface area (Å²) in [6.45, 7) is 4.95. The molecule has 0 amide bonds. The lowest BCUT2D eigenvalue weighted by atomic mass is 9.83. The zero-order valence-corrected chi connectivity index (χ0v) is 20.4. The van der Waals surface area contributed by atoms with E-state index in [-0.39, 0.29) is 18.9 Å². The van der Waals surface area contributed by atoms with Gasteiger partial charge in [-0.3, -0.25) is 4.90 Å². The molecule has 2 N–H and O–H groups in total. The standard InChI is InChI=1S/C26H29N3O7/c1-16(2)12-17-4-10-20(11-5-17)23-27-22(28-36-23)19-8-6-18(7-9-19)15-29(3)21-13-26(14-21,34-24(30)31)35-25(32)33/h4-11,16,21H,12-15H2,1-3H3,(H,30,31)(H,32,33). The molecular formula is C26H29N3O7. The molecule has 0 unspecified atom stereocenters. The number of rotatable bonds is 9. The molecule has 0 radical (unpaired) electrons. The topological polar surface area (TPSA) is 135 Å². The fourth-order valence-corrected chi connectivity index (χ4v) is 4.36.